The fourth-order valence-electron chi connectivity index (χ4n) is 2.95. The summed E-state index contributed by atoms with van der Waals surface area (Å²) < 4.78 is 14.6. The van der Waals surface area contributed by atoms with Crippen molar-refractivity contribution in [2.75, 3.05) is 0 Å². The highest BCUT2D eigenvalue weighted by Crippen LogP contribution is 2.40. The molecule has 0 bridgehead atoms. The third kappa shape index (κ3) is 3.12. The maximum atomic E-state index is 13.2. The lowest BCUT2D eigenvalue weighted by Crippen LogP contribution is -2.30. The zero-order valence-electron chi connectivity index (χ0n) is 13.3. The molecule has 1 saturated carbocycles. The van der Waals surface area contributed by atoms with Crippen LogP contribution in [0.5, 0.6) is 0 Å². The van der Waals surface area contributed by atoms with Crippen LogP contribution in [0.25, 0.3) is 0 Å². The quantitative estimate of drug-likeness (QED) is 0.671. The molecule has 8 heteroatoms. The van der Waals surface area contributed by atoms with Crippen LogP contribution in [0, 0.1) is 29.8 Å². The molecule has 1 aliphatic rings. The van der Waals surface area contributed by atoms with Crippen LogP contribution in [0.3, 0.4) is 0 Å². The lowest BCUT2D eigenvalue weighted by Gasteiger charge is -2.06. The van der Waals surface area contributed by atoms with Crippen LogP contribution in [0.4, 0.5) is 10.1 Å². The summed E-state index contributed by atoms with van der Waals surface area (Å²) in [7, 11) is 0. The number of nitrogens with zero attached hydrogens (tertiary/aromatic N) is 3. The molecule has 1 heterocycles. The van der Waals surface area contributed by atoms with Gasteiger partial charge in [-0.1, -0.05) is 12.1 Å². The third-order valence-electron chi connectivity index (χ3n) is 4.23. The highest BCUT2D eigenvalue weighted by atomic mass is 19.1. The Kier molecular flexibility index (Phi) is 4.04. The molecule has 1 aromatic carbocycles. The molecule has 1 N–H and O–H groups in total. The molecular formula is C16H17FN4O3. The van der Waals surface area contributed by atoms with Crippen molar-refractivity contribution >= 4 is 11.6 Å². The largest absolute Gasteiger partial charge is 0.351 e. The second kappa shape index (κ2) is 6.03. The maximum absolute atomic E-state index is 13.2. The summed E-state index contributed by atoms with van der Waals surface area (Å²) in [5.74, 6) is -0.446. The van der Waals surface area contributed by atoms with E-state index >= 15 is 0 Å². The molecular weight excluding hydrogens is 315 g/mol. The van der Waals surface area contributed by atoms with E-state index in [1.54, 1.807) is 19.9 Å². The van der Waals surface area contributed by atoms with Crippen LogP contribution >= 0.6 is 0 Å². The molecule has 7 nitrogen and oxygen atoms in total. The number of carbonyl (C=O) groups excluding carboxylic acids is 1. The van der Waals surface area contributed by atoms with Crippen molar-refractivity contribution in [1.82, 2.24) is 15.1 Å². The van der Waals surface area contributed by atoms with Crippen molar-refractivity contribution < 1.29 is 14.1 Å². The number of benzene rings is 1. The smallest absolute Gasteiger partial charge is 0.312 e. The van der Waals surface area contributed by atoms with Gasteiger partial charge in [-0.25, -0.2) is 4.39 Å². The SMILES string of the molecule is Cc1nn(CC(=O)N[C@H]2C[C@@H]2c2cccc(F)c2)c(C)c1[N+](=O)[O-]. The number of hydrogen-bond acceptors (Lipinski definition) is 4. The molecule has 126 valence electrons. The van der Waals surface area contributed by atoms with Crippen molar-refractivity contribution in [1.29, 1.82) is 0 Å². The molecule has 2 atom stereocenters. The standard InChI is InChI=1S/C16H17FN4O3/c1-9-16(21(23)24)10(2)20(19-9)8-15(22)18-14-7-13(14)11-4-3-5-12(17)6-11/h3-6,13-14H,7-8H2,1-2H3,(H,18,22)/t13-,14+/m1/s1. The lowest BCUT2D eigenvalue weighted by atomic mass is 10.1. The summed E-state index contributed by atoms with van der Waals surface area (Å²) >= 11 is 0. The van der Waals surface area contributed by atoms with Crippen LogP contribution < -0.4 is 5.32 Å². The Morgan fingerprint density at radius 3 is 2.88 bits per heavy atom. The van der Waals surface area contributed by atoms with E-state index in [4.69, 9.17) is 0 Å². The average Bonchev–Trinajstić information content (AvgIpc) is 3.19. The first-order valence-electron chi connectivity index (χ1n) is 7.60. The Bertz CT molecular complexity index is 818. The van der Waals surface area contributed by atoms with E-state index < -0.39 is 4.92 Å². The number of rotatable bonds is 5. The van der Waals surface area contributed by atoms with Gasteiger partial charge in [-0.15, -0.1) is 0 Å². The van der Waals surface area contributed by atoms with Crippen molar-refractivity contribution in [2.45, 2.75) is 38.8 Å². The van der Waals surface area contributed by atoms with Gasteiger partial charge < -0.3 is 5.32 Å². The van der Waals surface area contributed by atoms with Crippen molar-refractivity contribution in [2.24, 2.45) is 0 Å². The molecule has 1 fully saturated rings. The van der Waals surface area contributed by atoms with E-state index in [1.807, 2.05) is 6.07 Å². The normalized spacial score (nSPS) is 19.1. The summed E-state index contributed by atoms with van der Waals surface area (Å²) in [6, 6.07) is 6.31. The number of amides is 1. The predicted molar refractivity (Wildman–Crippen MR) is 84.0 cm³/mol. The highest BCUT2D eigenvalue weighted by molar-refractivity contribution is 5.76. The number of halogens is 1. The first kappa shape index (κ1) is 16.1. The first-order valence-corrected chi connectivity index (χ1v) is 7.60. The summed E-state index contributed by atoms with van der Waals surface area (Å²) in [6.45, 7) is 3.03. The number of hydrogen-bond donors (Lipinski definition) is 1. The molecule has 2 aromatic rings. The van der Waals surface area contributed by atoms with Crippen LogP contribution in [0.1, 0.15) is 29.3 Å². The second-order valence-corrected chi connectivity index (χ2v) is 6.01. The third-order valence-corrected chi connectivity index (χ3v) is 4.23. The Morgan fingerprint density at radius 2 is 2.25 bits per heavy atom. The number of nitro groups is 1. The fourth-order valence-corrected chi connectivity index (χ4v) is 2.95. The molecule has 0 spiro atoms. The van der Waals surface area contributed by atoms with E-state index in [2.05, 4.69) is 10.4 Å². The van der Waals surface area contributed by atoms with Crippen LogP contribution in [0.15, 0.2) is 24.3 Å². The first-order chi connectivity index (χ1) is 11.4. The van der Waals surface area contributed by atoms with Gasteiger partial charge in [0.1, 0.15) is 23.7 Å². The monoisotopic (exact) mass is 332 g/mol. The minimum absolute atomic E-state index is 0.0359. The van der Waals surface area contributed by atoms with E-state index in [0.29, 0.717) is 5.69 Å². The minimum atomic E-state index is -0.493. The molecule has 1 amide bonds. The molecule has 1 aliphatic carbocycles. The maximum Gasteiger partial charge on any atom is 0.312 e. The van der Waals surface area contributed by atoms with Crippen molar-refractivity contribution in [3.63, 3.8) is 0 Å². The highest BCUT2D eigenvalue weighted by Gasteiger charge is 2.39. The van der Waals surface area contributed by atoms with Gasteiger partial charge in [0.05, 0.1) is 4.92 Å². The second-order valence-electron chi connectivity index (χ2n) is 6.01. The van der Waals surface area contributed by atoms with Gasteiger partial charge in [0.2, 0.25) is 5.91 Å². The number of carbonyl (C=O) groups is 1. The lowest BCUT2D eigenvalue weighted by molar-refractivity contribution is -0.386. The molecule has 0 saturated heterocycles. The Morgan fingerprint density at radius 1 is 1.50 bits per heavy atom. The number of aromatic nitrogens is 2. The molecule has 0 radical (unpaired) electrons. The van der Waals surface area contributed by atoms with Gasteiger partial charge in [0.15, 0.2) is 0 Å². The molecule has 24 heavy (non-hydrogen) atoms. The average molecular weight is 332 g/mol. The molecule has 0 aliphatic heterocycles. The van der Waals surface area contributed by atoms with Gasteiger partial charge in [0, 0.05) is 12.0 Å². The van der Waals surface area contributed by atoms with Gasteiger partial charge in [-0.3, -0.25) is 19.6 Å². The van der Waals surface area contributed by atoms with Crippen LogP contribution in [0.2, 0.25) is 0 Å². The topological polar surface area (TPSA) is 90.1 Å². The van der Waals surface area contributed by atoms with Crippen LogP contribution in [-0.2, 0) is 11.3 Å². The van der Waals surface area contributed by atoms with Gasteiger partial charge in [-0.2, -0.15) is 5.10 Å². The zero-order chi connectivity index (χ0) is 17.4. The van der Waals surface area contributed by atoms with E-state index in [9.17, 15) is 19.3 Å². The van der Waals surface area contributed by atoms with E-state index in [-0.39, 0.29) is 41.6 Å². The minimum Gasteiger partial charge on any atom is -0.351 e. The van der Waals surface area contributed by atoms with Crippen LogP contribution in [-0.4, -0.2) is 26.7 Å². The number of aryl methyl sites for hydroxylation is 1. The Labute approximate surface area is 137 Å². The predicted octanol–water partition coefficient (Wildman–Crippen LogP) is 2.22. The van der Waals surface area contributed by atoms with Gasteiger partial charge in [0.25, 0.3) is 0 Å². The van der Waals surface area contributed by atoms with Gasteiger partial charge >= 0.3 is 5.69 Å². The van der Waals surface area contributed by atoms with E-state index in [1.165, 1.54) is 16.8 Å². The Hall–Kier alpha value is -2.77. The molecule has 1 aromatic heterocycles. The summed E-state index contributed by atoms with van der Waals surface area (Å²) in [6.07, 6.45) is 0.756. The van der Waals surface area contributed by atoms with Crippen molar-refractivity contribution in [3.8, 4) is 0 Å². The molecule has 3 rings (SSSR count). The summed E-state index contributed by atoms with van der Waals surface area (Å²) in [4.78, 5) is 22.6. The fraction of sp³-hybridized carbons (Fsp3) is 0.375. The Balaban J connectivity index is 1.62. The summed E-state index contributed by atoms with van der Waals surface area (Å²) in [5.41, 5.74) is 1.44. The molecule has 0 unspecified atom stereocenters. The van der Waals surface area contributed by atoms with Crippen molar-refractivity contribution in [3.05, 3.63) is 57.1 Å². The van der Waals surface area contributed by atoms with Gasteiger partial charge in [-0.05, 0) is 38.0 Å². The zero-order valence-corrected chi connectivity index (χ0v) is 13.3. The number of nitrogens with one attached hydrogen (secondary N) is 1. The van der Waals surface area contributed by atoms with E-state index in [0.717, 1.165) is 12.0 Å². The summed E-state index contributed by atoms with van der Waals surface area (Å²) in [5, 5.41) is 17.9.